The Kier molecular flexibility index (Phi) is 10.4. The largest absolute Gasteiger partial charge is 0.479 e. The molecule has 0 spiro atoms. The van der Waals surface area contributed by atoms with E-state index in [9.17, 15) is 50.1 Å². The number of rotatable bonds is 6. The highest BCUT2D eigenvalue weighted by molar-refractivity contribution is 5.95. The molecule has 2 aliphatic heterocycles. The third kappa shape index (κ3) is 6.17. The van der Waals surface area contributed by atoms with Gasteiger partial charge in [-0.25, -0.2) is 9.59 Å². The second-order valence-corrected chi connectivity index (χ2v) is 20.9. The van der Waals surface area contributed by atoms with Crippen LogP contribution < -0.4 is 0 Å². The molecule has 7 aliphatic rings. The molecule has 7 N–H and O–H groups in total. The highest BCUT2D eigenvalue weighted by Gasteiger charge is 2.70. The molecule has 2 saturated heterocycles. The summed E-state index contributed by atoms with van der Waals surface area (Å²) in [6.07, 6.45) is -9.44. The third-order valence-corrected chi connectivity index (χ3v) is 16.9. The number of hydrogen-bond acceptors (Lipinski definition) is 12. The first-order valence-corrected chi connectivity index (χ1v) is 20.6. The summed E-state index contributed by atoms with van der Waals surface area (Å²) < 4.78 is 23.5. The van der Waals surface area contributed by atoms with Gasteiger partial charge in [-0.05, 0) is 108 Å². The molecule has 0 amide bonds. The van der Waals surface area contributed by atoms with Gasteiger partial charge in [0.1, 0.15) is 36.6 Å². The Morgan fingerprint density at radius 3 is 1.91 bits per heavy atom. The molecule has 18 atom stereocenters. The van der Waals surface area contributed by atoms with E-state index in [-0.39, 0.29) is 39.3 Å². The number of aliphatic hydroxyl groups excluding tert-OH is 5. The molecule has 0 aromatic carbocycles. The number of carboxylic acids is 2. The molecule has 0 aromatic rings. The molecule has 14 heteroatoms. The van der Waals surface area contributed by atoms with Crippen LogP contribution in [0.4, 0.5) is 0 Å². The Morgan fingerprint density at radius 2 is 1.29 bits per heavy atom. The molecule has 0 radical (unpaired) electrons. The van der Waals surface area contributed by atoms with Crippen molar-refractivity contribution in [2.75, 3.05) is 0 Å². The van der Waals surface area contributed by atoms with E-state index in [4.69, 9.17) is 18.9 Å². The maximum Gasteiger partial charge on any atom is 0.335 e. The van der Waals surface area contributed by atoms with Gasteiger partial charge < -0.3 is 54.7 Å². The van der Waals surface area contributed by atoms with Crippen LogP contribution in [0.3, 0.4) is 0 Å². The molecule has 0 bridgehead atoms. The second kappa shape index (κ2) is 13.8. The van der Waals surface area contributed by atoms with Crippen LogP contribution in [0.15, 0.2) is 11.6 Å². The first kappa shape index (κ1) is 42.1. The molecular formula is C42H64O14. The van der Waals surface area contributed by atoms with Crippen molar-refractivity contribution in [2.45, 2.75) is 181 Å². The Balaban J connectivity index is 1.17. The highest BCUT2D eigenvalue weighted by atomic mass is 16.8. The van der Waals surface area contributed by atoms with Crippen LogP contribution in [0.1, 0.15) is 113 Å². The van der Waals surface area contributed by atoms with Gasteiger partial charge in [-0.3, -0.25) is 4.79 Å². The number of ketones is 1. The number of carbonyl (C=O) groups excluding carboxylic acids is 1. The zero-order valence-corrected chi connectivity index (χ0v) is 34.0. The summed E-state index contributed by atoms with van der Waals surface area (Å²) in [5.41, 5.74) is 0.340. The topological polar surface area (TPSA) is 230 Å². The Hall–Kier alpha value is -2.01. The average molecular weight is 793 g/mol. The molecule has 2 heterocycles. The SMILES string of the molecule is CC1(C)CCC2(C)CCC3(C)C(=CC(=O)C4C5(C)CCC(OC6OC(C(=O)O)C(O)C(O)C6OC6OC(C(=O)O)C(O)C(O)C6O)C(C)(C)C5CCC43C)C2C1. The van der Waals surface area contributed by atoms with Crippen molar-refractivity contribution >= 4 is 17.7 Å². The fourth-order valence-electron chi connectivity index (χ4n) is 13.3. The van der Waals surface area contributed by atoms with Gasteiger partial charge in [0.15, 0.2) is 30.6 Å². The van der Waals surface area contributed by atoms with Crippen LogP contribution in [-0.2, 0) is 33.3 Å². The number of aliphatic hydroxyl groups is 5. The van der Waals surface area contributed by atoms with Crippen molar-refractivity contribution < 1.29 is 69.1 Å². The summed E-state index contributed by atoms with van der Waals surface area (Å²) in [7, 11) is 0. The van der Waals surface area contributed by atoms with Gasteiger partial charge in [0.2, 0.25) is 0 Å². The number of hydrogen-bond donors (Lipinski definition) is 7. The van der Waals surface area contributed by atoms with Gasteiger partial charge in [-0.15, -0.1) is 0 Å². The van der Waals surface area contributed by atoms with Crippen molar-refractivity contribution in [3.8, 4) is 0 Å². The molecular weight excluding hydrogens is 728 g/mol. The number of carbonyl (C=O) groups is 3. The molecule has 18 unspecified atom stereocenters. The van der Waals surface area contributed by atoms with Crippen molar-refractivity contribution in [3.63, 3.8) is 0 Å². The zero-order chi connectivity index (χ0) is 41.3. The fourth-order valence-corrected chi connectivity index (χ4v) is 13.3. The number of fused-ring (bicyclic) bond motifs is 7. The van der Waals surface area contributed by atoms with E-state index in [0.717, 1.165) is 32.1 Å². The second-order valence-electron chi connectivity index (χ2n) is 20.9. The minimum absolute atomic E-state index is 0.0120. The van der Waals surface area contributed by atoms with E-state index in [0.29, 0.717) is 18.8 Å². The van der Waals surface area contributed by atoms with Gasteiger partial charge >= 0.3 is 11.9 Å². The molecule has 14 nitrogen and oxygen atoms in total. The predicted molar refractivity (Wildman–Crippen MR) is 197 cm³/mol. The molecule has 6 fully saturated rings. The normalized spacial score (nSPS) is 52.4. The van der Waals surface area contributed by atoms with E-state index in [2.05, 4.69) is 61.5 Å². The Bertz CT molecular complexity index is 1630. The van der Waals surface area contributed by atoms with Gasteiger partial charge in [-0.2, -0.15) is 0 Å². The maximum atomic E-state index is 14.8. The summed E-state index contributed by atoms with van der Waals surface area (Å²) in [5.74, 6) is -2.88. The first-order valence-electron chi connectivity index (χ1n) is 20.6. The zero-order valence-electron chi connectivity index (χ0n) is 34.0. The van der Waals surface area contributed by atoms with Gasteiger partial charge in [0.05, 0.1) is 6.10 Å². The van der Waals surface area contributed by atoms with E-state index in [1.807, 2.05) is 0 Å². The Morgan fingerprint density at radius 1 is 0.696 bits per heavy atom. The molecule has 7 rings (SSSR count). The summed E-state index contributed by atoms with van der Waals surface area (Å²) >= 11 is 0. The summed E-state index contributed by atoms with van der Waals surface area (Å²) in [5, 5.41) is 72.8. The van der Waals surface area contributed by atoms with Crippen LogP contribution in [0.2, 0.25) is 0 Å². The van der Waals surface area contributed by atoms with Gasteiger partial charge in [0, 0.05) is 5.92 Å². The predicted octanol–water partition coefficient (Wildman–Crippen LogP) is 3.18. The summed E-state index contributed by atoms with van der Waals surface area (Å²) in [6.45, 7) is 18.3. The average Bonchev–Trinajstić information content (AvgIpc) is 3.10. The molecule has 56 heavy (non-hydrogen) atoms. The van der Waals surface area contributed by atoms with Crippen LogP contribution in [0.25, 0.3) is 0 Å². The van der Waals surface area contributed by atoms with E-state index >= 15 is 0 Å². The number of carboxylic acid groups (broad SMARTS) is 2. The lowest BCUT2D eigenvalue weighted by Gasteiger charge is -2.70. The van der Waals surface area contributed by atoms with Crippen molar-refractivity contribution in [2.24, 2.45) is 50.2 Å². The maximum absolute atomic E-state index is 14.8. The highest BCUT2D eigenvalue weighted by Crippen LogP contribution is 2.75. The fraction of sp³-hybridized carbons (Fsp3) is 0.881. The van der Waals surface area contributed by atoms with Crippen molar-refractivity contribution in [3.05, 3.63) is 11.6 Å². The molecule has 4 saturated carbocycles. The van der Waals surface area contributed by atoms with Gasteiger partial charge in [0.25, 0.3) is 0 Å². The van der Waals surface area contributed by atoms with E-state index < -0.39 is 90.3 Å². The molecule has 316 valence electrons. The van der Waals surface area contributed by atoms with Crippen LogP contribution in [-0.4, -0.2) is 121 Å². The van der Waals surface area contributed by atoms with E-state index in [1.54, 1.807) is 0 Å². The first-order chi connectivity index (χ1) is 25.8. The monoisotopic (exact) mass is 792 g/mol. The number of allylic oxidation sites excluding steroid dienone is 2. The number of ether oxygens (including phenoxy) is 4. The van der Waals surface area contributed by atoms with Crippen LogP contribution in [0.5, 0.6) is 0 Å². The quantitative estimate of drug-likeness (QED) is 0.192. The third-order valence-electron chi connectivity index (χ3n) is 16.9. The summed E-state index contributed by atoms with van der Waals surface area (Å²) in [6, 6.07) is 0. The number of aliphatic carboxylic acids is 2. The van der Waals surface area contributed by atoms with Crippen LogP contribution in [0, 0.1) is 50.2 Å². The molecule has 0 aromatic heterocycles. The molecule has 5 aliphatic carbocycles. The Labute approximate surface area is 328 Å². The smallest absolute Gasteiger partial charge is 0.335 e. The van der Waals surface area contributed by atoms with Crippen LogP contribution >= 0.6 is 0 Å². The lowest BCUT2D eigenvalue weighted by atomic mass is 9.33. The van der Waals surface area contributed by atoms with E-state index in [1.165, 1.54) is 18.4 Å². The lowest BCUT2D eigenvalue weighted by Crippen LogP contribution is -2.68. The minimum Gasteiger partial charge on any atom is -0.479 e. The van der Waals surface area contributed by atoms with Crippen molar-refractivity contribution in [1.29, 1.82) is 0 Å². The van der Waals surface area contributed by atoms with Crippen molar-refractivity contribution in [1.82, 2.24) is 0 Å². The summed E-state index contributed by atoms with van der Waals surface area (Å²) in [4.78, 5) is 38.8. The standard InChI is InChI=1S/C42H64O14/c1-37(2)13-14-39(5)15-16-41(7)19(20(39)18-37)17-21(43)32-40(6)11-10-23(38(3,4)22(40)9-12-42(32,41)8)53-36-31(27(47)26(46)30(55-36)34(51)52)56-35-28(48)24(44)25(45)29(54-35)33(49)50/h17,20,22-32,35-36,44-48H,9-16,18H2,1-8H3,(H,49,50)(H,51,52). The van der Waals surface area contributed by atoms with Gasteiger partial charge in [-0.1, -0.05) is 61.0 Å². The lowest BCUT2D eigenvalue weighted by molar-refractivity contribution is -0.371. The minimum atomic E-state index is -2.02.